The first kappa shape index (κ1) is 18.9. The Morgan fingerprint density at radius 3 is 2.37 bits per heavy atom. The van der Waals surface area contributed by atoms with Gasteiger partial charge in [-0.3, -0.25) is 0 Å². The van der Waals surface area contributed by atoms with Crippen molar-refractivity contribution in [2.24, 2.45) is 0 Å². The Balaban J connectivity index is 1.98. The molecule has 0 N–H and O–H groups in total. The Bertz CT molecular complexity index is 921. The molecule has 0 radical (unpaired) electrons. The first-order chi connectivity index (χ1) is 12.8. The Labute approximate surface area is 161 Å². The predicted octanol–water partition coefficient (Wildman–Crippen LogP) is 4.71. The molecule has 7 nitrogen and oxygen atoms in total. The molecule has 0 aliphatic rings. The van der Waals surface area contributed by atoms with Crippen LogP contribution in [0.1, 0.15) is 26.5 Å². The van der Waals surface area contributed by atoms with Crippen LogP contribution in [0.5, 0.6) is 11.9 Å². The van der Waals surface area contributed by atoms with E-state index < -0.39 is 11.7 Å². The molecule has 3 aromatic rings. The van der Waals surface area contributed by atoms with E-state index in [-0.39, 0.29) is 11.9 Å². The maximum atomic E-state index is 12.5. The van der Waals surface area contributed by atoms with Gasteiger partial charge in [0, 0.05) is 17.3 Å². The van der Waals surface area contributed by atoms with Crippen molar-refractivity contribution < 1.29 is 14.3 Å². The van der Waals surface area contributed by atoms with Gasteiger partial charge in [-0.25, -0.2) is 14.8 Å². The highest BCUT2D eigenvalue weighted by atomic mass is 32.2. The lowest BCUT2D eigenvalue weighted by molar-refractivity contribution is 0.0509. The minimum atomic E-state index is -0.633. The van der Waals surface area contributed by atoms with Crippen LogP contribution in [0.4, 0.5) is 4.79 Å². The number of hydrogen-bond donors (Lipinski definition) is 0. The molecule has 0 aliphatic carbocycles. The first-order valence-electron chi connectivity index (χ1n) is 8.34. The van der Waals surface area contributed by atoms with Gasteiger partial charge in [0.25, 0.3) is 5.88 Å². The Morgan fingerprint density at radius 2 is 1.74 bits per heavy atom. The highest BCUT2D eigenvalue weighted by Gasteiger charge is 2.26. The molecule has 0 unspecified atom stereocenters. The molecule has 2 aromatic heterocycles. The van der Waals surface area contributed by atoms with Crippen LogP contribution in [0, 0.1) is 6.92 Å². The molecule has 0 fully saturated rings. The topological polar surface area (TPSA) is 79.1 Å². The van der Waals surface area contributed by atoms with Gasteiger partial charge in [0.2, 0.25) is 0 Å². The van der Waals surface area contributed by atoms with Crippen molar-refractivity contribution in [2.45, 2.75) is 43.1 Å². The lowest BCUT2D eigenvalue weighted by Gasteiger charge is -2.19. The van der Waals surface area contributed by atoms with E-state index in [2.05, 4.69) is 15.1 Å². The normalized spacial score (nSPS) is 11.3. The summed E-state index contributed by atoms with van der Waals surface area (Å²) >= 11 is 1.44. The Morgan fingerprint density at radius 1 is 1.07 bits per heavy atom. The fourth-order valence-corrected chi connectivity index (χ4v) is 3.09. The maximum absolute atomic E-state index is 12.5. The molecule has 1 aromatic carbocycles. The van der Waals surface area contributed by atoms with Crippen LogP contribution in [0.3, 0.4) is 0 Å². The molecule has 0 bridgehead atoms. The number of carbonyl (C=O) groups excluding carboxylic acids is 1. The van der Waals surface area contributed by atoms with Crippen molar-refractivity contribution in [2.75, 3.05) is 0 Å². The SMILES string of the molecule is Cc1c(Sc2ccccc2)c(Oc2ncccn2)nn1C(=O)OC(C)(C)C. The molecule has 0 spiro atoms. The number of hydrogen-bond acceptors (Lipinski definition) is 7. The van der Waals surface area contributed by atoms with Crippen LogP contribution in [0.15, 0.2) is 58.6 Å². The van der Waals surface area contributed by atoms with Crippen molar-refractivity contribution >= 4 is 17.9 Å². The molecule has 8 heteroatoms. The van der Waals surface area contributed by atoms with Gasteiger partial charge >= 0.3 is 12.1 Å². The van der Waals surface area contributed by atoms with E-state index in [0.717, 1.165) is 4.90 Å². The zero-order chi connectivity index (χ0) is 19.4. The number of carbonyl (C=O) groups is 1. The smallest absolute Gasteiger partial charge is 0.435 e. The summed E-state index contributed by atoms with van der Waals surface area (Å²) in [6, 6.07) is 11.6. The van der Waals surface area contributed by atoms with E-state index in [1.165, 1.54) is 16.4 Å². The van der Waals surface area contributed by atoms with Gasteiger partial charge in [0.05, 0.1) is 10.6 Å². The van der Waals surface area contributed by atoms with Crippen LogP contribution < -0.4 is 4.74 Å². The fourth-order valence-electron chi connectivity index (χ4n) is 2.16. The summed E-state index contributed by atoms with van der Waals surface area (Å²) in [7, 11) is 0. The summed E-state index contributed by atoms with van der Waals surface area (Å²) < 4.78 is 12.4. The summed E-state index contributed by atoms with van der Waals surface area (Å²) in [5, 5.41) is 4.30. The average Bonchev–Trinajstić information content (AvgIpc) is 2.92. The quantitative estimate of drug-likeness (QED) is 0.644. The largest absolute Gasteiger partial charge is 0.442 e. The summed E-state index contributed by atoms with van der Waals surface area (Å²) in [5.41, 5.74) is -0.0183. The van der Waals surface area contributed by atoms with Gasteiger partial charge in [0.1, 0.15) is 5.60 Å². The number of ether oxygens (including phenoxy) is 2. The summed E-state index contributed by atoms with van der Waals surface area (Å²) in [4.78, 5) is 22.3. The minimum Gasteiger partial charge on any atom is -0.442 e. The van der Waals surface area contributed by atoms with Crippen molar-refractivity contribution in [3.05, 3.63) is 54.5 Å². The van der Waals surface area contributed by atoms with Crippen molar-refractivity contribution in [1.29, 1.82) is 0 Å². The molecule has 0 atom stereocenters. The molecule has 27 heavy (non-hydrogen) atoms. The van der Waals surface area contributed by atoms with E-state index in [0.29, 0.717) is 10.6 Å². The van der Waals surface area contributed by atoms with Gasteiger partial charge in [-0.15, -0.1) is 5.10 Å². The van der Waals surface area contributed by atoms with E-state index in [1.807, 2.05) is 30.3 Å². The maximum Gasteiger partial charge on any atom is 0.435 e. The van der Waals surface area contributed by atoms with Crippen molar-refractivity contribution in [1.82, 2.24) is 19.7 Å². The fraction of sp³-hybridized carbons (Fsp3) is 0.263. The molecular formula is C19H20N4O3S. The van der Waals surface area contributed by atoms with Gasteiger partial charge < -0.3 is 9.47 Å². The first-order valence-corrected chi connectivity index (χ1v) is 9.16. The molecule has 0 saturated carbocycles. The van der Waals surface area contributed by atoms with Crippen LogP contribution in [-0.2, 0) is 4.74 Å². The Kier molecular flexibility index (Phi) is 5.46. The second-order valence-electron chi connectivity index (χ2n) is 6.66. The highest BCUT2D eigenvalue weighted by Crippen LogP contribution is 2.38. The zero-order valence-electron chi connectivity index (χ0n) is 15.5. The van der Waals surface area contributed by atoms with Gasteiger partial charge in [-0.1, -0.05) is 30.0 Å². The van der Waals surface area contributed by atoms with E-state index in [4.69, 9.17) is 9.47 Å². The summed E-state index contributed by atoms with van der Waals surface area (Å²) in [5.74, 6) is 0.249. The van der Waals surface area contributed by atoms with Crippen LogP contribution in [0.25, 0.3) is 0 Å². The van der Waals surface area contributed by atoms with Gasteiger partial charge in [-0.2, -0.15) is 4.68 Å². The second-order valence-corrected chi connectivity index (χ2v) is 7.74. The third kappa shape index (κ3) is 4.85. The molecule has 140 valence electrons. The van der Waals surface area contributed by atoms with Crippen molar-refractivity contribution in [3.8, 4) is 11.9 Å². The van der Waals surface area contributed by atoms with Gasteiger partial charge in [-0.05, 0) is 45.9 Å². The second kappa shape index (κ2) is 7.79. The lowest BCUT2D eigenvalue weighted by Crippen LogP contribution is -2.28. The molecule has 2 heterocycles. The monoisotopic (exact) mass is 384 g/mol. The van der Waals surface area contributed by atoms with Crippen LogP contribution >= 0.6 is 11.8 Å². The van der Waals surface area contributed by atoms with Crippen LogP contribution in [-0.4, -0.2) is 31.4 Å². The standard InChI is InChI=1S/C19H20N4O3S/c1-13-15(27-14-9-6-5-7-10-14)16(25-17-20-11-8-12-21-17)22-23(13)18(24)26-19(2,3)4/h5-12H,1-4H3. The third-order valence-corrected chi connectivity index (χ3v) is 4.47. The lowest BCUT2D eigenvalue weighted by atomic mass is 10.2. The van der Waals surface area contributed by atoms with E-state index >= 15 is 0 Å². The number of nitrogens with zero attached hydrogens (tertiary/aromatic N) is 4. The molecule has 0 saturated heterocycles. The summed E-state index contributed by atoms with van der Waals surface area (Å²) in [6.45, 7) is 7.21. The average molecular weight is 384 g/mol. The van der Waals surface area contributed by atoms with Crippen molar-refractivity contribution in [3.63, 3.8) is 0 Å². The number of aromatic nitrogens is 4. The molecule has 3 rings (SSSR count). The number of rotatable bonds is 4. The summed E-state index contributed by atoms with van der Waals surface area (Å²) in [6.07, 6.45) is 2.58. The zero-order valence-corrected chi connectivity index (χ0v) is 16.4. The molecule has 0 aliphatic heterocycles. The molecular weight excluding hydrogens is 364 g/mol. The Hall–Kier alpha value is -2.87. The third-order valence-electron chi connectivity index (χ3n) is 3.29. The van der Waals surface area contributed by atoms with E-state index in [1.54, 1.807) is 46.2 Å². The number of benzene rings is 1. The highest BCUT2D eigenvalue weighted by molar-refractivity contribution is 7.99. The predicted molar refractivity (Wildman–Crippen MR) is 101 cm³/mol. The molecule has 0 amide bonds. The van der Waals surface area contributed by atoms with E-state index in [9.17, 15) is 4.79 Å². The van der Waals surface area contributed by atoms with Gasteiger partial charge in [0.15, 0.2) is 0 Å². The van der Waals surface area contributed by atoms with Crippen LogP contribution in [0.2, 0.25) is 0 Å². The minimum absolute atomic E-state index is 0.154.